The van der Waals surface area contributed by atoms with Crippen molar-refractivity contribution in [2.45, 2.75) is 17.9 Å². The molecular weight excluding hydrogens is 341 g/mol. The molecule has 1 aliphatic heterocycles. The molecule has 9 heteroatoms. The Bertz CT molecular complexity index is 658. The molecule has 2 unspecified atom stereocenters. The normalized spacial score (nSPS) is 26.0. The van der Waals surface area contributed by atoms with Crippen LogP contribution < -0.4 is 4.72 Å². The maximum Gasteiger partial charge on any atom is 0.313 e. The molecule has 0 amide bonds. The number of carbonyl (C=O) groups is 1. The Hall–Kier alpha value is -0.860. The minimum Gasteiger partial charge on any atom is -0.481 e. The van der Waals surface area contributed by atoms with Crippen molar-refractivity contribution in [1.29, 1.82) is 0 Å². The SMILES string of the molecule is CC1(C(=O)O)COCC1NS(=O)(=O)c1c(Cl)cccc1Cl. The first-order valence-electron chi connectivity index (χ1n) is 5.96. The molecule has 1 heterocycles. The lowest BCUT2D eigenvalue weighted by atomic mass is 9.86. The molecule has 21 heavy (non-hydrogen) atoms. The zero-order chi connectivity index (χ0) is 15.8. The Morgan fingerprint density at radius 3 is 2.52 bits per heavy atom. The van der Waals surface area contributed by atoms with E-state index in [4.69, 9.17) is 27.9 Å². The van der Waals surface area contributed by atoms with Gasteiger partial charge in [0.05, 0.1) is 29.3 Å². The third-order valence-electron chi connectivity index (χ3n) is 3.43. The summed E-state index contributed by atoms with van der Waals surface area (Å²) in [5.41, 5.74) is -1.35. The van der Waals surface area contributed by atoms with E-state index in [0.29, 0.717) is 0 Å². The number of hydrogen-bond donors (Lipinski definition) is 2. The van der Waals surface area contributed by atoms with Gasteiger partial charge in [-0.1, -0.05) is 29.3 Å². The molecule has 0 aliphatic carbocycles. The van der Waals surface area contributed by atoms with Crippen molar-refractivity contribution in [1.82, 2.24) is 4.72 Å². The van der Waals surface area contributed by atoms with E-state index in [-0.39, 0.29) is 28.2 Å². The Morgan fingerprint density at radius 1 is 1.43 bits per heavy atom. The number of aliphatic carboxylic acids is 1. The van der Waals surface area contributed by atoms with Crippen LogP contribution in [0, 0.1) is 5.41 Å². The first-order chi connectivity index (χ1) is 9.68. The van der Waals surface area contributed by atoms with Crippen LogP contribution in [-0.4, -0.2) is 38.7 Å². The van der Waals surface area contributed by atoms with E-state index in [0.717, 1.165) is 0 Å². The van der Waals surface area contributed by atoms with E-state index in [1.54, 1.807) is 0 Å². The average molecular weight is 354 g/mol. The molecule has 0 bridgehead atoms. The van der Waals surface area contributed by atoms with Crippen molar-refractivity contribution in [3.63, 3.8) is 0 Å². The van der Waals surface area contributed by atoms with Crippen LogP contribution in [0.5, 0.6) is 0 Å². The van der Waals surface area contributed by atoms with E-state index in [9.17, 15) is 18.3 Å². The highest BCUT2D eigenvalue weighted by Crippen LogP contribution is 2.33. The maximum absolute atomic E-state index is 12.4. The Balaban J connectivity index is 2.37. The van der Waals surface area contributed by atoms with Crippen LogP contribution in [-0.2, 0) is 19.6 Å². The molecule has 1 aliphatic rings. The van der Waals surface area contributed by atoms with Crippen LogP contribution in [0.1, 0.15) is 6.92 Å². The second kappa shape index (κ2) is 5.73. The predicted molar refractivity (Wildman–Crippen MR) is 77.1 cm³/mol. The molecule has 0 spiro atoms. The summed E-state index contributed by atoms with van der Waals surface area (Å²) < 4.78 is 32.2. The molecule has 2 N–H and O–H groups in total. The van der Waals surface area contributed by atoms with Crippen molar-refractivity contribution < 1.29 is 23.1 Å². The minimum atomic E-state index is -4.07. The Labute approximate surface area is 132 Å². The number of hydrogen-bond acceptors (Lipinski definition) is 4. The van der Waals surface area contributed by atoms with Crippen molar-refractivity contribution >= 4 is 39.2 Å². The molecule has 0 radical (unpaired) electrons. The second-order valence-electron chi connectivity index (χ2n) is 4.96. The fourth-order valence-electron chi connectivity index (χ4n) is 2.03. The third-order valence-corrected chi connectivity index (χ3v) is 5.86. The maximum atomic E-state index is 12.4. The number of benzene rings is 1. The van der Waals surface area contributed by atoms with Crippen molar-refractivity contribution in [2.75, 3.05) is 13.2 Å². The van der Waals surface area contributed by atoms with Crippen molar-refractivity contribution in [2.24, 2.45) is 5.41 Å². The van der Waals surface area contributed by atoms with E-state index in [1.807, 2.05) is 0 Å². The lowest BCUT2D eigenvalue weighted by Crippen LogP contribution is -2.49. The first kappa shape index (κ1) is 16.5. The number of nitrogens with one attached hydrogen (secondary N) is 1. The summed E-state index contributed by atoms with van der Waals surface area (Å²) in [5.74, 6) is -1.14. The lowest BCUT2D eigenvalue weighted by molar-refractivity contribution is -0.148. The van der Waals surface area contributed by atoms with Gasteiger partial charge in [-0.05, 0) is 19.1 Å². The lowest BCUT2D eigenvalue weighted by Gasteiger charge is -2.25. The van der Waals surface area contributed by atoms with Gasteiger partial charge in [0, 0.05) is 0 Å². The van der Waals surface area contributed by atoms with Gasteiger partial charge in [-0.2, -0.15) is 0 Å². The van der Waals surface area contributed by atoms with Crippen LogP contribution in [0.3, 0.4) is 0 Å². The van der Waals surface area contributed by atoms with Crippen LogP contribution in [0.15, 0.2) is 23.1 Å². The standard InChI is InChI=1S/C12H13Cl2NO5S/c1-12(11(16)17)6-20-5-9(12)15-21(18,19)10-7(13)3-2-4-8(10)14/h2-4,9,15H,5-6H2,1H3,(H,16,17). The van der Waals surface area contributed by atoms with Gasteiger partial charge in [0.1, 0.15) is 10.3 Å². The van der Waals surface area contributed by atoms with Crippen LogP contribution >= 0.6 is 23.2 Å². The molecule has 0 saturated carbocycles. The van der Waals surface area contributed by atoms with E-state index in [1.165, 1.54) is 25.1 Å². The minimum absolute atomic E-state index is 0.0362. The number of halogens is 2. The van der Waals surface area contributed by atoms with Gasteiger partial charge in [0.15, 0.2) is 0 Å². The first-order valence-corrected chi connectivity index (χ1v) is 8.20. The van der Waals surface area contributed by atoms with E-state index in [2.05, 4.69) is 4.72 Å². The van der Waals surface area contributed by atoms with Crippen molar-refractivity contribution in [3.05, 3.63) is 28.2 Å². The Morgan fingerprint density at radius 2 is 2.00 bits per heavy atom. The summed E-state index contributed by atoms with van der Waals surface area (Å²) in [6, 6.07) is 3.39. The van der Waals surface area contributed by atoms with Crippen LogP contribution in [0.25, 0.3) is 0 Å². The number of carboxylic acid groups (broad SMARTS) is 1. The highest BCUT2D eigenvalue weighted by Gasteiger charge is 2.48. The summed E-state index contributed by atoms with van der Waals surface area (Å²) in [6.07, 6.45) is 0. The van der Waals surface area contributed by atoms with Gasteiger partial charge >= 0.3 is 5.97 Å². The largest absolute Gasteiger partial charge is 0.481 e. The Kier molecular flexibility index (Phi) is 4.51. The smallest absolute Gasteiger partial charge is 0.313 e. The zero-order valence-electron chi connectivity index (χ0n) is 11.0. The predicted octanol–water partition coefficient (Wildman–Crippen LogP) is 1.76. The van der Waals surface area contributed by atoms with Gasteiger partial charge in [0.25, 0.3) is 0 Å². The highest BCUT2D eigenvalue weighted by molar-refractivity contribution is 7.89. The van der Waals surface area contributed by atoms with Gasteiger partial charge in [-0.15, -0.1) is 0 Å². The fraction of sp³-hybridized carbons (Fsp3) is 0.417. The molecule has 2 rings (SSSR count). The van der Waals surface area contributed by atoms with Crippen LogP contribution in [0.4, 0.5) is 0 Å². The molecule has 6 nitrogen and oxygen atoms in total. The van der Waals surface area contributed by atoms with Gasteiger partial charge < -0.3 is 9.84 Å². The molecule has 1 aromatic rings. The summed E-state index contributed by atoms with van der Waals surface area (Å²) in [6.45, 7) is 1.31. The monoisotopic (exact) mass is 353 g/mol. The van der Waals surface area contributed by atoms with E-state index >= 15 is 0 Å². The topological polar surface area (TPSA) is 92.7 Å². The number of ether oxygens (including phenoxy) is 1. The molecule has 1 saturated heterocycles. The van der Waals surface area contributed by atoms with Crippen LogP contribution in [0.2, 0.25) is 10.0 Å². The second-order valence-corrected chi connectivity index (χ2v) is 7.43. The molecule has 1 aromatic carbocycles. The van der Waals surface area contributed by atoms with E-state index < -0.39 is 27.4 Å². The van der Waals surface area contributed by atoms with Gasteiger partial charge in [0.2, 0.25) is 10.0 Å². The molecule has 1 fully saturated rings. The zero-order valence-corrected chi connectivity index (χ0v) is 13.3. The summed E-state index contributed by atoms with van der Waals surface area (Å²) >= 11 is 11.8. The molecule has 2 atom stereocenters. The highest BCUT2D eigenvalue weighted by atomic mass is 35.5. The van der Waals surface area contributed by atoms with Gasteiger partial charge in [-0.3, -0.25) is 4.79 Å². The fourth-order valence-corrected chi connectivity index (χ4v) is 4.51. The number of sulfonamides is 1. The number of rotatable bonds is 4. The molecule has 0 aromatic heterocycles. The van der Waals surface area contributed by atoms with Crippen molar-refractivity contribution in [3.8, 4) is 0 Å². The summed E-state index contributed by atoms with van der Waals surface area (Å²) in [4.78, 5) is 11.1. The third kappa shape index (κ3) is 3.02. The number of carboxylic acids is 1. The quantitative estimate of drug-likeness (QED) is 0.860. The summed E-state index contributed by atoms with van der Waals surface area (Å²) in [5, 5.41) is 9.18. The summed E-state index contributed by atoms with van der Waals surface area (Å²) in [7, 11) is -4.07. The van der Waals surface area contributed by atoms with Gasteiger partial charge in [-0.25, -0.2) is 13.1 Å². The molecular formula is C12H13Cl2NO5S. The molecule has 116 valence electrons. The average Bonchev–Trinajstić information content (AvgIpc) is 2.71.